The normalized spacial score (nSPS) is 18.9. The summed E-state index contributed by atoms with van der Waals surface area (Å²) in [6.07, 6.45) is 6.73. The van der Waals surface area contributed by atoms with Gasteiger partial charge in [-0.2, -0.15) is 0 Å². The third-order valence-corrected chi connectivity index (χ3v) is 4.73. The van der Waals surface area contributed by atoms with E-state index in [-0.39, 0.29) is 17.0 Å². The van der Waals surface area contributed by atoms with Crippen LogP contribution in [-0.4, -0.2) is 12.8 Å². The number of rotatable bonds is 3. The van der Waals surface area contributed by atoms with E-state index in [1.54, 1.807) is 6.26 Å². The molecule has 0 amide bonds. The Labute approximate surface area is 111 Å². The molecular formula is C14H19F2NS. The number of nitrogens with two attached hydrogens (primary N) is 1. The lowest BCUT2D eigenvalue weighted by molar-refractivity contribution is 0.289. The molecule has 1 aliphatic rings. The highest BCUT2D eigenvalue weighted by Gasteiger charge is 2.35. The van der Waals surface area contributed by atoms with E-state index in [0.29, 0.717) is 17.0 Å². The average Bonchev–Trinajstić information content (AvgIpc) is 2.41. The Morgan fingerprint density at radius 3 is 2.44 bits per heavy atom. The molecule has 18 heavy (non-hydrogen) atoms. The van der Waals surface area contributed by atoms with Gasteiger partial charge in [0.25, 0.3) is 0 Å². The van der Waals surface area contributed by atoms with Crippen molar-refractivity contribution in [1.82, 2.24) is 0 Å². The number of halogens is 2. The Morgan fingerprint density at radius 1 is 1.22 bits per heavy atom. The average molecular weight is 271 g/mol. The van der Waals surface area contributed by atoms with E-state index < -0.39 is 0 Å². The van der Waals surface area contributed by atoms with Gasteiger partial charge in [0.2, 0.25) is 0 Å². The fourth-order valence-corrected chi connectivity index (χ4v) is 3.43. The van der Waals surface area contributed by atoms with Crippen molar-refractivity contribution >= 4 is 11.8 Å². The minimum Gasteiger partial charge on any atom is -0.330 e. The monoisotopic (exact) mass is 271 g/mol. The van der Waals surface area contributed by atoms with Crippen LogP contribution in [0, 0.1) is 11.6 Å². The Bertz CT molecular complexity index is 428. The maximum atomic E-state index is 14.4. The molecule has 1 nitrogen and oxygen atoms in total. The van der Waals surface area contributed by atoms with Crippen molar-refractivity contribution < 1.29 is 8.78 Å². The van der Waals surface area contributed by atoms with Crippen molar-refractivity contribution in [3.63, 3.8) is 0 Å². The van der Waals surface area contributed by atoms with E-state index in [2.05, 4.69) is 0 Å². The molecule has 1 saturated carbocycles. The van der Waals surface area contributed by atoms with Gasteiger partial charge in [-0.15, -0.1) is 11.8 Å². The zero-order chi connectivity index (χ0) is 13.2. The highest BCUT2D eigenvalue weighted by atomic mass is 32.2. The SMILES string of the molecule is CSc1cc(F)cc(C2(CN)CCCCC2)c1F. The molecule has 0 atom stereocenters. The maximum Gasteiger partial charge on any atom is 0.140 e. The van der Waals surface area contributed by atoms with Gasteiger partial charge in [0.1, 0.15) is 11.6 Å². The number of hydrogen-bond donors (Lipinski definition) is 1. The molecule has 0 saturated heterocycles. The highest BCUT2D eigenvalue weighted by Crippen LogP contribution is 2.41. The highest BCUT2D eigenvalue weighted by molar-refractivity contribution is 7.98. The Hall–Kier alpha value is -0.610. The van der Waals surface area contributed by atoms with E-state index in [9.17, 15) is 8.78 Å². The topological polar surface area (TPSA) is 26.0 Å². The van der Waals surface area contributed by atoms with E-state index >= 15 is 0 Å². The summed E-state index contributed by atoms with van der Waals surface area (Å²) < 4.78 is 28.1. The Balaban J connectivity index is 2.50. The first-order chi connectivity index (χ1) is 8.63. The predicted octanol–water partition coefficient (Wildman–Crippen LogP) is 3.85. The van der Waals surface area contributed by atoms with Gasteiger partial charge in [-0.3, -0.25) is 0 Å². The van der Waals surface area contributed by atoms with Crippen molar-refractivity contribution in [3.8, 4) is 0 Å². The molecule has 0 radical (unpaired) electrons. The first kappa shape index (κ1) is 13.8. The summed E-state index contributed by atoms with van der Waals surface area (Å²) in [6, 6.07) is 2.60. The van der Waals surface area contributed by atoms with Gasteiger partial charge in [-0.25, -0.2) is 8.78 Å². The van der Waals surface area contributed by atoms with Crippen molar-refractivity contribution in [1.29, 1.82) is 0 Å². The van der Waals surface area contributed by atoms with Crippen LogP contribution in [0.4, 0.5) is 8.78 Å². The van der Waals surface area contributed by atoms with E-state index in [0.717, 1.165) is 32.1 Å². The molecule has 2 rings (SSSR count). The molecule has 100 valence electrons. The fourth-order valence-electron chi connectivity index (χ4n) is 2.91. The van der Waals surface area contributed by atoms with Crippen LogP contribution in [-0.2, 0) is 5.41 Å². The lowest BCUT2D eigenvalue weighted by atomic mass is 9.69. The van der Waals surface area contributed by atoms with Gasteiger partial charge in [-0.1, -0.05) is 19.3 Å². The predicted molar refractivity (Wildman–Crippen MR) is 72.0 cm³/mol. The van der Waals surface area contributed by atoms with Crippen LogP contribution in [0.15, 0.2) is 17.0 Å². The molecular weight excluding hydrogens is 252 g/mol. The van der Waals surface area contributed by atoms with Crippen LogP contribution in [0.3, 0.4) is 0 Å². The summed E-state index contributed by atoms with van der Waals surface area (Å²) in [5.41, 5.74) is 6.00. The van der Waals surface area contributed by atoms with E-state index in [1.165, 1.54) is 23.9 Å². The third-order valence-electron chi connectivity index (χ3n) is 4.00. The zero-order valence-corrected chi connectivity index (χ0v) is 11.5. The van der Waals surface area contributed by atoms with Crippen molar-refractivity contribution in [3.05, 3.63) is 29.3 Å². The standard InChI is InChI=1S/C14H19F2NS/c1-18-12-8-10(15)7-11(13(12)16)14(9-17)5-3-2-4-6-14/h7-8H,2-6,9,17H2,1H3. The van der Waals surface area contributed by atoms with Gasteiger partial charge in [-0.05, 0) is 36.8 Å². The molecule has 2 N–H and O–H groups in total. The summed E-state index contributed by atoms with van der Waals surface area (Å²) in [5.74, 6) is -0.648. The van der Waals surface area contributed by atoms with Crippen molar-refractivity contribution in [2.45, 2.75) is 42.4 Å². The molecule has 0 bridgehead atoms. The van der Waals surface area contributed by atoms with E-state index in [1.807, 2.05) is 0 Å². The van der Waals surface area contributed by atoms with Gasteiger partial charge in [0.05, 0.1) is 0 Å². The quantitative estimate of drug-likeness (QED) is 0.845. The number of benzene rings is 1. The lowest BCUT2D eigenvalue weighted by Crippen LogP contribution is -2.38. The third kappa shape index (κ3) is 2.41. The van der Waals surface area contributed by atoms with Crippen LogP contribution >= 0.6 is 11.8 Å². The second kappa shape index (κ2) is 5.57. The second-order valence-electron chi connectivity index (χ2n) is 5.01. The summed E-state index contributed by atoms with van der Waals surface area (Å²) in [5, 5.41) is 0. The summed E-state index contributed by atoms with van der Waals surface area (Å²) in [7, 11) is 0. The van der Waals surface area contributed by atoms with Crippen molar-refractivity contribution in [2.24, 2.45) is 5.73 Å². The largest absolute Gasteiger partial charge is 0.330 e. The molecule has 1 aliphatic carbocycles. The molecule has 0 spiro atoms. The van der Waals surface area contributed by atoms with E-state index in [4.69, 9.17) is 5.73 Å². The Morgan fingerprint density at radius 2 is 1.89 bits per heavy atom. The minimum absolute atomic E-state index is 0.281. The summed E-state index contributed by atoms with van der Waals surface area (Å²) >= 11 is 1.24. The van der Waals surface area contributed by atoms with Gasteiger partial charge in [0, 0.05) is 16.9 Å². The maximum absolute atomic E-state index is 14.4. The summed E-state index contributed by atoms with van der Waals surface area (Å²) in [6.45, 7) is 0.390. The van der Waals surface area contributed by atoms with Gasteiger partial charge >= 0.3 is 0 Å². The fraction of sp³-hybridized carbons (Fsp3) is 0.571. The first-order valence-corrected chi connectivity index (χ1v) is 7.59. The molecule has 0 aliphatic heterocycles. The van der Waals surface area contributed by atoms with Gasteiger partial charge < -0.3 is 5.73 Å². The minimum atomic E-state index is -0.367. The molecule has 1 fully saturated rings. The van der Waals surface area contributed by atoms with Crippen LogP contribution < -0.4 is 5.73 Å². The molecule has 1 aromatic rings. The molecule has 4 heteroatoms. The zero-order valence-electron chi connectivity index (χ0n) is 10.6. The van der Waals surface area contributed by atoms with Crippen LogP contribution in [0.1, 0.15) is 37.7 Å². The van der Waals surface area contributed by atoms with Crippen molar-refractivity contribution in [2.75, 3.05) is 12.8 Å². The Kier molecular flexibility index (Phi) is 4.28. The molecule has 0 aromatic heterocycles. The molecule has 0 unspecified atom stereocenters. The van der Waals surface area contributed by atoms with Crippen LogP contribution in [0.25, 0.3) is 0 Å². The number of thioether (sulfide) groups is 1. The van der Waals surface area contributed by atoms with Crippen LogP contribution in [0.5, 0.6) is 0 Å². The first-order valence-electron chi connectivity index (χ1n) is 6.36. The van der Waals surface area contributed by atoms with Gasteiger partial charge in [0.15, 0.2) is 0 Å². The second-order valence-corrected chi connectivity index (χ2v) is 5.86. The van der Waals surface area contributed by atoms with Crippen LogP contribution in [0.2, 0.25) is 0 Å². The lowest BCUT2D eigenvalue weighted by Gasteiger charge is -2.37. The molecule has 1 aromatic carbocycles. The number of hydrogen-bond acceptors (Lipinski definition) is 2. The summed E-state index contributed by atoms with van der Waals surface area (Å²) in [4.78, 5) is 0.378. The molecule has 0 heterocycles. The smallest absolute Gasteiger partial charge is 0.140 e.